The Morgan fingerprint density at radius 3 is 2.24 bits per heavy atom. The van der Waals surface area contributed by atoms with Crippen molar-refractivity contribution in [3.8, 4) is 0 Å². The minimum absolute atomic E-state index is 0.277. The second kappa shape index (κ2) is 10.8. The molecule has 1 rings (SSSR count). The molecule has 0 radical (unpaired) electrons. The molecule has 5 heteroatoms. The first-order valence-electron chi connectivity index (χ1n) is 7.34. The quantitative estimate of drug-likeness (QED) is 0.352. The van der Waals surface area contributed by atoms with E-state index in [0.717, 1.165) is 24.9 Å². The number of para-hydroxylation sites is 1. The predicted molar refractivity (Wildman–Crippen MR) is 85.6 cm³/mol. The summed E-state index contributed by atoms with van der Waals surface area (Å²) in [5.74, 6) is -0.372. The van der Waals surface area contributed by atoms with Gasteiger partial charge in [0, 0.05) is 18.5 Å². The van der Waals surface area contributed by atoms with E-state index in [-0.39, 0.29) is 12.4 Å². The Labute approximate surface area is 126 Å². The first kappa shape index (κ1) is 19.1. The van der Waals surface area contributed by atoms with Crippen molar-refractivity contribution in [1.82, 2.24) is 0 Å². The summed E-state index contributed by atoms with van der Waals surface area (Å²) in [4.78, 5) is 21.5. The zero-order chi connectivity index (χ0) is 16.1. The van der Waals surface area contributed by atoms with Gasteiger partial charge in [-0.2, -0.15) is 0 Å². The summed E-state index contributed by atoms with van der Waals surface area (Å²) >= 11 is 0. The van der Waals surface area contributed by atoms with Crippen LogP contribution in [0.15, 0.2) is 35.5 Å². The van der Waals surface area contributed by atoms with Crippen molar-refractivity contribution >= 4 is 11.7 Å². The zero-order valence-electron chi connectivity index (χ0n) is 13.2. The summed E-state index contributed by atoms with van der Waals surface area (Å²) in [7, 11) is 0. The predicted octanol–water partition coefficient (Wildman–Crippen LogP) is 4.27. The molecule has 1 aromatic carbocycles. The highest BCUT2D eigenvalue weighted by Crippen LogP contribution is 2.21. The maximum atomic E-state index is 11.0. The van der Waals surface area contributed by atoms with Gasteiger partial charge in [-0.1, -0.05) is 44.9 Å². The molecule has 2 N–H and O–H groups in total. The van der Waals surface area contributed by atoms with E-state index >= 15 is 0 Å². The number of ether oxygens (including phenoxy) is 1. The lowest BCUT2D eigenvalue weighted by molar-refractivity contribution is -0.157. The number of carbonyl (C=O) groups is 1. The van der Waals surface area contributed by atoms with Crippen LogP contribution < -0.4 is 5.73 Å². The van der Waals surface area contributed by atoms with Crippen LogP contribution in [-0.4, -0.2) is 11.7 Å². The van der Waals surface area contributed by atoms with Gasteiger partial charge in [-0.25, -0.2) is 0 Å². The van der Waals surface area contributed by atoms with Gasteiger partial charge in [-0.15, -0.1) is 4.91 Å². The fourth-order valence-corrected chi connectivity index (χ4v) is 1.59. The summed E-state index contributed by atoms with van der Waals surface area (Å²) in [5.41, 5.74) is 5.02. The fourth-order valence-electron chi connectivity index (χ4n) is 1.59. The van der Waals surface area contributed by atoms with Gasteiger partial charge in [0.2, 0.25) is 5.72 Å². The van der Waals surface area contributed by atoms with Crippen molar-refractivity contribution in [1.29, 1.82) is 0 Å². The Hall–Kier alpha value is -1.91. The van der Waals surface area contributed by atoms with E-state index in [2.05, 4.69) is 12.1 Å². The number of hydrogen-bond donors (Lipinski definition) is 1. The van der Waals surface area contributed by atoms with Gasteiger partial charge in [0.05, 0.1) is 0 Å². The molecule has 21 heavy (non-hydrogen) atoms. The van der Waals surface area contributed by atoms with Crippen molar-refractivity contribution in [2.24, 2.45) is 5.18 Å². The third-order valence-electron chi connectivity index (χ3n) is 2.86. The van der Waals surface area contributed by atoms with Gasteiger partial charge < -0.3 is 10.5 Å². The molecule has 0 heterocycles. The number of nitrogens with two attached hydrogens (primary N) is 1. The van der Waals surface area contributed by atoms with Crippen molar-refractivity contribution in [3.05, 3.63) is 35.2 Å². The third kappa shape index (κ3) is 9.60. The summed E-state index contributed by atoms with van der Waals surface area (Å²) in [6.07, 6.45) is 3.73. The van der Waals surface area contributed by atoms with Crippen LogP contribution >= 0.6 is 0 Å². The molecule has 0 saturated heterocycles. The van der Waals surface area contributed by atoms with Gasteiger partial charge >= 0.3 is 5.97 Å². The fraction of sp³-hybridized carbons (Fsp3) is 0.562. The topological polar surface area (TPSA) is 81.8 Å². The van der Waals surface area contributed by atoms with E-state index in [9.17, 15) is 9.70 Å². The van der Waals surface area contributed by atoms with E-state index in [1.807, 2.05) is 30.3 Å². The second-order valence-corrected chi connectivity index (χ2v) is 4.96. The average molecular weight is 294 g/mol. The average Bonchev–Trinajstić information content (AvgIpc) is 2.49. The number of hydrogen-bond acceptors (Lipinski definition) is 5. The standard InChI is InChI=1S/C10H19NO3.C6H7N/c1-4-6-7-8-10(3,11-13)14-9(12)5-2;7-6-4-2-1-3-5-6/h4-8H2,1-3H3;1-5H,7H2. The molecule has 0 aromatic heterocycles. The number of nitrogens with zero attached hydrogens (tertiary/aromatic N) is 1. The first-order chi connectivity index (χ1) is 9.97. The molecule has 0 aliphatic rings. The number of anilines is 1. The molecule has 0 bridgehead atoms. The number of benzene rings is 1. The van der Waals surface area contributed by atoms with Crippen molar-refractivity contribution in [2.75, 3.05) is 5.73 Å². The number of nitroso groups, excluding NO2 is 1. The van der Waals surface area contributed by atoms with Gasteiger partial charge in [0.25, 0.3) is 0 Å². The van der Waals surface area contributed by atoms with Gasteiger partial charge in [0.15, 0.2) is 0 Å². The maximum Gasteiger partial charge on any atom is 0.307 e. The summed E-state index contributed by atoms with van der Waals surface area (Å²) < 4.78 is 4.96. The minimum atomic E-state index is -1.16. The van der Waals surface area contributed by atoms with Crippen molar-refractivity contribution < 1.29 is 9.53 Å². The van der Waals surface area contributed by atoms with Crippen LogP contribution in [0.3, 0.4) is 0 Å². The Morgan fingerprint density at radius 1 is 1.24 bits per heavy atom. The van der Waals surface area contributed by atoms with Crippen LogP contribution in [0, 0.1) is 4.91 Å². The van der Waals surface area contributed by atoms with Gasteiger partial charge in [-0.3, -0.25) is 4.79 Å². The Morgan fingerprint density at radius 2 is 1.86 bits per heavy atom. The van der Waals surface area contributed by atoms with Crippen molar-refractivity contribution in [3.63, 3.8) is 0 Å². The Bertz CT molecular complexity index is 409. The van der Waals surface area contributed by atoms with Crippen LogP contribution in [0.25, 0.3) is 0 Å². The molecule has 1 atom stereocenters. The molecule has 0 fully saturated rings. The number of unbranched alkanes of at least 4 members (excludes halogenated alkanes) is 2. The highest BCUT2D eigenvalue weighted by Gasteiger charge is 2.28. The largest absolute Gasteiger partial charge is 0.434 e. The number of nitrogen functional groups attached to an aromatic ring is 1. The summed E-state index contributed by atoms with van der Waals surface area (Å²) in [6, 6.07) is 9.49. The smallest absolute Gasteiger partial charge is 0.307 e. The number of carbonyl (C=O) groups excluding carboxylic acids is 1. The molecule has 118 valence electrons. The first-order valence-corrected chi connectivity index (χ1v) is 7.34. The minimum Gasteiger partial charge on any atom is -0.434 e. The second-order valence-electron chi connectivity index (χ2n) is 4.96. The van der Waals surface area contributed by atoms with E-state index in [1.165, 1.54) is 0 Å². The summed E-state index contributed by atoms with van der Waals surface area (Å²) in [5, 5.41) is 2.89. The van der Waals surface area contributed by atoms with E-state index in [0.29, 0.717) is 6.42 Å². The lowest BCUT2D eigenvalue weighted by atomic mass is 10.1. The Kier molecular flexibility index (Phi) is 9.84. The lowest BCUT2D eigenvalue weighted by Gasteiger charge is -2.21. The molecule has 5 nitrogen and oxygen atoms in total. The molecule has 0 aliphatic heterocycles. The molecule has 1 unspecified atom stereocenters. The SMILES string of the molecule is CCCCCC(C)(N=O)OC(=O)CC.Nc1ccccc1. The van der Waals surface area contributed by atoms with Gasteiger partial charge in [-0.05, 0) is 30.7 Å². The van der Waals surface area contributed by atoms with Gasteiger partial charge in [0.1, 0.15) is 0 Å². The van der Waals surface area contributed by atoms with Crippen LogP contribution in [0.2, 0.25) is 0 Å². The molecular formula is C16H26N2O3. The van der Waals surface area contributed by atoms with Crippen LogP contribution in [-0.2, 0) is 9.53 Å². The summed E-state index contributed by atoms with van der Waals surface area (Å²) in [6.45, 7) is 5.33. The molecule has 0 amide bonds. The Balaban J connectivity index is 0.000000471. The molecule has 0 saturated carbocycles. The molecule has 0 spiro atoms. The molecular weight excluding hydrogens is 268 g/mol. The number of esters is 1. The van der Waals surface area contributed by atoms with E-state index in [1.54, 1.807) is 13.8 Å². The maximum absolute atomic E-state index is 11.0. The molecule has 1 aromatic rings. The normalized spacial score (nSPS) is 12.5. The van der Waals surface area contributed by atoms with Crippen LogP contribution in [0.4, 0.5) is 5.69 Å². The molecule has 0 aliphatic carbocycles. The van der Waals surface area contributed by atoms with Crippen molar-refractivity contribution in [2.45, 2.75) is 58.6 Å². The van der Waals surface area contributed by atoms with E-state index in [4.69, 9.17) is 10.5 Å². The number of rotatable bonds is 7. The highest BCUT2D eigenvalue weighted by molar-refractivity contribution is 5.69. The zero-order valence-corrected chi connectivity index (χ0v) is 13.2. The lowest BCUT2D eigenvalue weighted by Crippen LogP contribution is -2.28. The van der Waals surface area contributed by atoms with Crippen LogP contribution in [0.1, 0.15) is 52.9 Å². The van der Waals surface area contributed by atoms with Crippen LogP contribution in [0.5, 0.6) is 0 Å². The van der Waals surface area contributed by atoms with E-state index < -0.39 is 5.72 Å². The highest BCUT2D eigenvalue weighted by atomic mass is 16.6. The third-order valence-corrected chi connectivity index (χ3v) is 2.86. The monoisotopic (exact) mass is 294 g/mol.